The quantitative estimate of drug-likeness (QED) is 0.774. The molecule has 1 aromatic carbocycles. The van der Waals surface area contributed by atoms with Crippen LogP contribution in [0.15, 0.2) is 33.2 Å². The topological polar surface area (TPSA) is 91.1 Å². The fraction of sp³-hybridized carbons (Fsp3) is 0.474. The standard InChI is InChI=1S/C19H22N6O3S/c26-16(9-29-19-17-18(21-10-20-17)22-11-23-19)25-5-3-24(4-6-25)8-13-1-2-14-15(7-13)28-12-27-14/h1-2,7,10-11,17-18H,3-6,8-9,12H2,(H,20,21). The molecule has 1 fully saturated rings. The van der Waals surface area contributed by atoms with Crippen LogP contribution in [0.2, 0.25) is 0 Å². The van der Waals surface area contributed by atoms with Gasteiger partial charge in [-0.1, -0.05) is 17.8 Å². The smallest absolute Gasteiger partial charge is 0.233 e. The van der Waals surface area contributed by atoms with Crippen molar-refractivity contribution in [2.24, 2.45) is 15.0 Å². The molecule has 1 aromatic rings. The Kier molecular flexibility index (Phi) is 5.11. The average molecular weight is 414 g/mol. The van der Waals surface area contributed by atoms with Crippen LogP contribution in [0, 0.1) is 0 Å². The number of hydrogen-bond acceptors (Lipinski definition) is 9. The lowest BCUT2D eigenvalue weighted by Crippen LogP contribution is -2.49. The Balaban J connectivity index is 1.09. The van der Waals surface area contributed by atoms with Gasteiger partial charge < -0.3 is 19.7 Å². The van der Waals surface area contributed by atoms with E-state index in [9.17, 15) is 4.79 Å². The molecule has 1 saturated heterocycles. The van der Waals surface area contributed by atoms with Crippen molar-refractivity contribution in [1.82, 2.24) is 15.1 Å². The molecule has 0 aromatic heterocycles. The molecular formula is C19H22N6O3S. The molecule has 2 atom stereocenters. The molecule has 0 saturated carbocycles. The Morgan fingerprint density at radius 2 is 2.03 bits per heavy atom. The van der Waals surface area contributed by atoms with Gasteiger partial charge in [0.25, 0.3) is 0 Å². The van der Waals surface area contributed by atoms with Crippen LogP contribution in [0.5, 0.6) is 11.5 Å². The molecule has 0 spiro atoms. The van der Waals surface area contributed by atoms with Gasteiger partial charge in [0.1, 0.15) is 17.4 Å². The number of fused-ring (bicyclic) bond motifs is 2. The minimum absolute atomic E-state index is 0.0312. The Labute approximate surface area is 172 Å². The molecule has 0 aliphatic carbocycles. The number of piperazine rings is 1. The molecule has 9 nitrogen and oxygen atoms in total. The van der Waals surface area contributed by atoms with E-state index in [1.165, 1.54) is 23.7 Å². The van der Waals surface area contributed by atoms with Gasteiger partial charge >= 0.3 is 0 Å². The molecule has 4 heterocycles. The summed E-state index contributed by atoms with van der Waals surface area (Å²) < 4.78 is 10.8. The average Bonchev–Trinajstić information content (AvgIpc) is 3.41. The predicted molar refractivity (Wildman–Crippen MR) is 112 cm³/mol. The monoisotopic (exact) mass is 414 g/mol. The van der Waals surface area contributed by atoms with Gasteiger partial charge in [0.2, 0.25) is 12.7 Å². The number of carbonyl (C=O) groups is 1. The van der Waals surface area contributed by atoms with Crippen molar-refractivity contribution in [2.45, 2.75) is 18.8 Å². The van der Waals surface area contributed by atoms with Crippen molar-refractivity contribution < 1.29 is 14.3 Å². The third-order valence-corrected chi connectivity index (χ3v) is 6.41. The molecule has 29 heavy (non-hydrogen) atoms. The zero-order valence-electron chi connectivity index (χ0n) is 15.9. The van der Waals surface area contributed by atoms with Gasteiger partial charge in [0, 0.05) is 32.7 Å². The second-order valence-electron chi connectivity index (χ2n) is 7.20. The van der Waals surface area contributed by atoms with Crippen molar-refractivity contribution in [3.8, 4) is 11.5 Å². The minimum Gasteiger partial charge on any atom is -0.454 e. The van der Waals surface area contributed by atoms with E-state index in [2.05, 4.69) is 31.3 Å². The Hall–Kier alpha value is -2.59. The van der Waals surface area contributed by atoms with Gasteiger partial charge in [-0.25, -0.2) is 15.0 Å². The first-order valence-electron chi connectivity index (χ1n) is 9.65. The number of nitrogens with one attached hydrogen (secondary N) is 1. The molecule has 5 rings (SSSR count). The van der Waals surface area contributed by atoms with Gasteiger partial charge in [-0.2, -0.15) is 0 Å². The van der Waals surface area contributed by atoms with Crippen molar-refractivity contribution in [3.05, 3.63) is 23.8 Å². The summed E-state index contributed by atoms with van der Waals surface area (Å²) in [7, 11) is 0. The summed E-state index contributed by atoms with van der Waals surface area (Å²) in [6, 6.07) is 6.04. The Bertz CT molecular complexity index is 881. The molecule has 1 amide bonds. The molecule has 0 bridgehead atoms. The number of aliphatic imine (C=N–C) groups is 3. The fourth-order valence-corrected chi connectivity index (χ4v) is 4.69. The van der Waals surface area contributed by atoms with Crippen LogP contribution in [0.4, 0.5) is 0 Å². The number of nitrogens with zero attached hydrogens (tertiary/aromatic N) is 5. The van der Waals surface area contributed by atoms with Gasteiger partial charge in [-0.3, -0.25) is 9.69 Å². The number of benzene rings is 1. The zero-order chi connectivity index (χ0) is 19.6. The molecule has 4 aliphatic heterocycles. The maximum absolute atomic E-state index is 12.6. The van der Waals surface area contributed by atoms with Crippen LogP contribution in [0.3, 0.4) is 0 Å². The summed E-state index contributed by atoms with van der Waals surface area (Å²) in [4.78, 5) is 29.7. The third kappa shape index (κ3) is 3.95. The summed E-state index contributed by atoms with van der Waals surface area (Å²) in [5.74, 6) is 2.16. The minimum atomic E-state index is -0.148. The van der Waals surface area contributed by atoms with E-state index in [-0.39, 0.29) is 18.1 Å². The van der Waals surface area contributed by atoms with Crippen LogP contribution in [0.25, 0.3) is 0 Å². The highest BCUT2D eigenvalue weighted by atomic mass is 32.2. The van der Waals surface area contributed by atoms with E-state index in [4.69, 9.17) is 9.47 Å². The number of thioether (sulfide) groups is 1. The lowest BCUT2D eigenvalue weighted by atomic mass is 10.1. The normalized spacial score (nSPS) is 25.0. The predicted octanol–water partition coefficient (Wildman–Crippen LogP) is 0.559. The van der Waals surface area contributed by atoms with Gasteiger partial charge in [-0.15, -0.1) is 0 Å². The lowest BCUT2D eigenvalue weighted by Gasteiger charge is -2.35. The first kappa shape index (κ1) is 18.4. The van der Waals surface area contributed by atoms with Crippen molar-refractivity contribution in [3.63, 3.8) is 0 Å². The molecule has 4 aliphatic rings. The lowest BCUT2D eigenvalue weighted by molar-refractivity contribution is -0.130. The number of hydrogen-bond donors (Lipinski definition) is 1. The molecule has 0 radical (unpaired) electrons. The van der Waals surface area contributed by atoms with E-state index in [0.717, 1.165) is 49.3 Å². The van der Waals surface area contributed by atoms with Crippen LogP contribution in [0.1, 0.15) is 5.56 Å². The molecule has 2 unspecified atom stereocenters. The first-order chi connectivity index (χ1) is 14.3. The van der Waals surface area contributed by atoms with Crippen molar-refractivity contribution in [1.29, 1.82) is 0 Å². The highest BCUT2D eigenvalue weighted by molar-refractivity contribution is 8.14. The molecule has 152 valence electrons. The maximum atomic E-state index is 12.6. The second kappa shape index (κ2) is 8.03. The van der Waals surface area contributed by atoms with Crippen molar-refractivity contribution >= 4 is 35.4 Å². The summed E-state index contributed by atoms with van der Waals surface area (Å²) in [5, 5.41) is 4.02. The highest BCUT2D eigenvalue weighted by Gasteiger charge is 2.31. The molecule has 10 heteroatoms. The van der Waals surface area contributed by atoms with Gasteiger partial charge in [-0.05, 0) is 17.7 Å². The number of amides is 1. The van der Waals surface area contributed by atoms with E-state index in [1.54, 1.807) is 6.34 Å². The molecule has 1 N–H and O–H groups in total. The number of ether oxygens (including phenoxy) is 2. The summed E-state index contributed by atoms with van der Waals surface area (Å²) >= 11 is 1.48. The number of carbonyl (C=O) groups excluding carboxylic acids is 1. The van der Waals surface area contributed by atoms with Crippen LogP contribution in [-0.4, -0.2) is 84.4 Å². The third-order valence-electron chi connectivity index (χ3n) is 5.36. The zero-order valence-corrected chi connectivity index (χ0v) is 16.7. The SMILES string of the molecule is O=C(CSC1=NC=NC2N=CNC12)N1CCN(Cc2ccc3c(c2)OCO3)CC1. The fourth-order valence-electron chi connectivity index (χ4n) is 3.74. The summed E-state index contributed by atoms with van der Waals surface area (Å²) in [5.41, 5.74) is 1.20. The largest absolute Gasteiger partial charge is 0.454 e. The van der Waals surface area contributed by atoms with E-state index < -0.39 is 0 Å². The van der Waals surface area contributed by atoms with E-state index in [0.29, 0.717) is 12.5 Å². The van der Waals surface area contributed by atoms with Gasteiger partial charge in [0.05, 0.1) is 12.1 Å². The van der Waals surface area contributed by atoms with E-state index in [1.807, 2.05) is 17.0 Å². The van der Waals surface area contributed by atoms with Crippen LogP contribution in [-0.2, 0) is 11.3 Å². The Morgan fingerprint density at radius 1 is 1.17 bits per heavy atom. The van der Waals surface area contributed by atoms with Crippen LogP contribution >= 0.6 is 11.8 Å². The Morgan fingerprint density at radius 3 is 2.93 bits per heavy atom. The van der Waals surface area contributed by atoms with Crippen LogP contribution < -0.4 is 14.8 Å². The second-order valence-corrected chi connectivity index (χ2v) is 8.20. The molecular weight excluding hydrogens is 392 g/mol. The van der Waals surface area contributed by atoms with Gasteiger partial charge in [0.15, 0.2) is 17.7 Å². The van der Waals surface area contributed by atoms with Crippen molar-refractivity contribution in [2.75, 3.05) is 38.7 Å². The highest BCUT2D eigenvalue weighted by Crippen LogP contribution is 2.32. The number of rotatable bonds is 4. The van der Waals surface area contributed by atoms with E-state index >= 15 is 0 Å². The summed E-state index contributed by atoms with van der Waals surface area (Å²) in [6.07, 6.45) is 3.05. The first-order valence-corrected chi connectivity index (χ1v) is 10.6. The summed E-state index contributed by atoms with van der Waals surface area (Å²) in [6.45, 7) is 4.34. The maximum Gasteiger partial charge on any atom is 0.233 e.